The van der Waals surface area contributed by atoms with E-state index in [1.165, 1.54) is 28.4 Å². The number of nitrogens with one attached hydrogen (secondary N) is 1. The molecule has 1 aromatic carbocycles. The first-order chi connectivity index (χ1) is 16.3. The normalized spacial score (nSPS) is 23.5. The highest BCUT2D eigenvalue weighted by atomic mass is 32.1. The third-order valence-electron chi connectivity index (χ3n) is 7.31. The van der Waals surface area contributed by atoms with Crippen molar-refractivity contribution in [1.82, 2.24) is 20.1 Å². The Hall–Kier alpha value is -2.81. The van der Waals surface area contributed by atoms with Crippen molar-refractivity contribution in [3.63, 3.8) is 0 Å². The minimum absolute atomic E-state index is 0.0220. The van der Waals surface area contributed by atoms with Crippen LogP contribution in [-0.4, -0.2) is 57.8 Å². The third kappa shape index (κ3) is 4.21. The second-order valence-electron chi connectivity index (χ2n) is 9.78. The lowest BCUT2D eigenvalue weighted by molar-refractivity contribution is -0.134. The number of hydrogen-bond acceptors (Lipinski definition) is 5. The molecule has 0 radical (unpaired) electrons. The number of urea groups is 1. The van der Waals surface area contributed by atoms with Gasteiger partial charge in [-0.05, 0) is 69.1 Å². The Morgan fingerprint density at radius 2 is 1.82 bits per heavy atom. The molecule has 2 aliphatic heterocycles. The van der Waals surface area contributed by atoms with Crippen LogP contribution in [0, 0.1) is 31.5 Å². The van der Waals surface area contributed by atoms with Gasteiger partial charge in [-0.25, -0.2) is 14.2 Å². The number of thiazole rings is 1. The number of aryl methyl sites for hydroxylation is 2. The van der Waals surface area contributed by atoms with Crippen molar-refractivity contribution in [3.05, 3.63) is 51.2 Å². The van der Waals surface area contributed by atoms with E-state index >= 15 is 0 Å². The van der Waals surface area contributed by atoms with Crippen LogP contribution in [0.4, 0.5) is 9.18 Å². The van der Waals surface area contributed by atoms with E-state index in [1.807, 2.05) is 18.7 Å². The monoisotopic (exact) mass is 484 g/mol. The molecule has 4 amide bonds. The first kappa shape index (κ1) is 23.0. The zero-order valence-electron chi connectivity index (χ0n) is 19.5. The minimum Gasteiger partial charge on any atom is -0.338 e. The highest BCUT2D eigenvalue weighted by molar-refractivity contribution is 7.13. The summed E-state index contributed by atoms with van der Waals surface area (Å²) < 4.78 is 13.5. The molecule has 3 fully saturated rings. The maximum absolute atomic E-state index is 13.7. The largest absolute Gasteiger partial charge is 0.338 e. The quantitative estimate of drug-likeness (QED) is 0.634. The van der Waals surface area contributed by atoms with Crippen LogP contribution in [0.5, 0.6) is 0 Å². The van der Waals surface area contributed by atoms with Crippen LogP contribution in [-0.2, 0) is 11.2 Å². The predicted molar refractivity (Wildman–Crippen MR) is 126 cm³/mol. The van der Waals surface area contributed by atoms with Gasteiger partial charge >= 0.3 is 6.03 Å². The Morgan fingerprint density at radius 1 is 1.15 bits per heavy atom. The number of halogens is 1. The number of likely N-dealkylation sites (tertiary alicyclic amines) is 1. The standard InChI is InChI=1S/C25H29FN4O3S/c1-15-21(34-16(2)27-15)22(31)29-11-9-19(10-12-29)25(13-17-5-7-20(26)8-6-17)23(32)30(24(33)28-25)14-18-3-4-18/h5-8,18-19H,3-4,9-14H2,1-2H3,(H,28,33)/t25-/m1/s1. The van der Waals surface area contributed by atoms with E-state index in [-0.39, 0.29) is 29.6 Å². The summed E-state index contributed by atoms with van der Waals surface area (Å²) in [7, 11) is 0. The lowest BCUT2D eigenvalue weighted by Crippen LogP contribution is -2.58. The van der Waals surface area contributed by atoms with Crippen molar-refractivity contribution >= 4 is 29.2 Å². The smallest absolute Gasteiger partial charge is 0.325 e. The molecule has 5 rings (SSSR count). The van der Waals surface area contributed by atoms with E-state index in [0.717, 1.165) is 29.1 Å². The molecule has 3 aliphatic rings. The number of piperidine rings is 1. The SMILES string of the molecule is Cc1nc(C)c(C(=O)N2CCC([C@@]3(Cc4ccc(F)cc4)NC(=O)N(CC4CC4)C3=O)CC2)s1. The molecule has 1 aliphatic carbocycles. The number of amides is 4. The number of hydrogen-bond donors (Lipinski definition) is 1. The molecule has 0 bridgehead atoms. The summed E-state index contributed by atoms with van der Waals surface area (Å²) in [4.78, 5) is 48.0. The molecule has 1 N–H and O–H groups in total. The summed E-state index contributed by atoms with van der Waals surface area (Å²) >= 11 is 1.41. The third-order valence-corrected chi connectivity index (χ3v) is 8.37. The molecule has 1 saturated carbocycles. The summed E-state index contributed by atoms with van der Waals surface area (Å²) in [5, 5.41) is 3.92. The first-order valence-electron chi connectivity index (χ1n) is 11.9. The fraction of sp³-hybridized carbons (Fsp3) is 0.520. The second-order valence-corrected chi connectivity index (χ2v) is 11.0. The van der Waals surface area contributed by atoms with Gasteiger partial charge in [0.1, 0.15) is 16.2 Å². The summed E-state index contributed by atoms with van der Waals surface area (Å²) in [6.45, 7) is 5.22. The van der Waals surface area contributed by atoms with Crippen molar-refractivity contribution in [2.24, 2.45) is 11.8 Å². The van der Waals surface area contributed by atoms with E-state index in [4.69, 9.17) is 0 Å². The molecule has 34 heavy (non-hydrogen) atoms. The van der Waals surface area contributed by atoms with Crippen LogP contribution in [0.1, 0.15) is 51.6 Å². The van der Waals surface area contributed by atoms with Gasteiger partial charge in [0.2, 0.25) is 0 Å². The van der Waals surface area contributed by atoms with Gasteiger partial charge in [-0.1, -0.05) is 12.1 Å². The molecule has 2 aromatic rings. The van der Waals surface area contributed by atoms with Crippen LogP contribution < -0.4 is 5.32 Å². The maximum Gasteiger partial charge on any atom is 0.325 e. The highest BCUT2D eigenvalue weighted by Crippen LogP contribution is 2.39. The van der Waals surface area contributed by atoms with Crippen LogP contribution in [0.15, 0.2) is 24.3 Å². The van der Waals surface area contributed by atoms with Crippen LogP contribution in [0.25, 0.3) is 0 Å². The number of rotatable bonds is 6. The van der Waals surface area contributed by atoms with Crippen molar-refractivity contribution in [2.45, 2.75) is 51.5 Å². The molecule has 0 spiro atoms. The summed E-state index contributed by atoms with van der Waals surface area (Å²) in [6, 6.07) is 5.77. The number of aromatic nitrogens is 1. The molecule has 0 unspecified atom stereocenters. The van der Waals surface area contributed by atoms with Crippen LogP contribution in [0.2, 0.25) is 0 Å². The summed E-state index contributed by atoms with van der Waals surface area (Å²) in [5.74, 6) is -0.275. The van der Waals surface area contributed by atoms with Gasteiger partial charge < -0.3 is 10.2 Å². The lowest BCUT2D eigenvalue weighted by Gasteiger charge is -2.41. The first-order valence-corrected chi connectivity index (χ1v) is 12.7. The van der Waals surface area contributed by atoms with Gasteiger partial charge in [0.15, 0.2) is 0 Å². The average Bonchev–Trinajstić information content (AvgIpc) is 3.54. The molecule has 180 valence electrons. The van der Waals surface area contributed by atoms with E-state index in [2.05, 4.69) is 10.3 Å². The average molecular weight is 485 g/mol. The lowest BCUT2D eigenvalue weighted by atomic mass is 9.74. The molecule has 2 saturated heterocycles. The van der Waals surface area contributed by atoms with Crippen molar-refractivity contribution < 1.29 is 18.8 Å². The number of benzene rings is 1. The molecular weight excluding hydrogens is 455 g/mol. The van der Waals surface area contributed by atoms with Gasteiger partial charge in [0.25, 0.3) is 11.8 Å². The molecule has 9 heteroatoms. The maximum atomic E-state index is 13.7. The van der Waals surface area contributed by atoms with E-state index in [0.29, 0.717) is 49.7 Å². The van der Waals surface area contributed by atoms with Gasteiger partial charge in [0.05, 0.1) is 10.7 Å². The minimum atomic E-state index is -1.07. The molecule has 7 nitrogen and oxygen atoms in total. The van der Waals surface area contributed by atoms with E-state index in [9.17, 15) is 18.8 Å². The fourth-order valence-corrected chi connectivity index (χ4v) is 6.17. The summed E-state index contributed by atoms with van der Waals surface area (Å²) in [6.07, 6.45) is 3.60. The Bertz CT molecular complexity index is 1120. The van der Waals surface area contributed by atoms with Crippen molar-refractivity contribution in [2.75, 3.05) is 19.6 Å². The zero-order chi connectivity index (χ0) is 24.0. The van der Waals surface area contributed by atoms with Gasteiger partial charge in [-0.3, -0.25) is 14.5 Å². The molecule has 1 aromatic heterocycles. The number of nitrogens with zero attached hydrogens (tertiary/aromatic N) is 3. The highest BCUT2D eigenvalue weighted by Gasteiger charge is 2.56. The van der Waals surface area contributed by atoms with E-state index in [1.54, 1.807) is 12.1 Å². The number of carbonyl (C=O) groups excluding carboxylic acids is 3. The topological polar surface area (TPSA) is 82.6 Å². The molecule has 3 heterocycles. The van der Waals surface area contributed by atoms with Crippen LogP contribution in [0.3, 0.4) is 0 Å². The van der Waals surface area contributed by atoms with Gasteiger partial charge in [0, 0.05) is 26.1 Å². The molecule has 1 atom stereocenters. The Balaban J connectivity index is 1.37. The van der Waals surface area contributed by atoms with Crippen LogP contribution >= 0.6 is 11.3 Å². The van der Waals surface area contributed by atoms with Gasteiger partial charge in [-0.15, -0.1) is 11.3 Å². The van der Waals surface area contributed by atoms with Crippen molar-refractivity contribution in [1.29, 1.82) is 0 Å². The number of imide groups is 1. The number of carbonyl (C=O) groups is 3. The summed E-state index contributed by atoms with van der Waals surface area (Å²) in [5.41, 5.74) is 0.476. The Kier molecular flexibility index (Phi) is 5.91. The van der Waals surface area contributed by atoms with E-state index < -0.39 is 5.54 Å². The fourth-order valence-electron chi connectivity index (χ4n) is 5.28. The Morgan fingerprint density at radius 3 is 2.41 bits per heavy atom. The molecular formula is C25H29FN4O3S. The Labute approximate surface area is 202 Å². The van der Waals surface area contributed by atoms with Gasteiger partial charge in [-0.2, -0.15) is 0 Å². The second kappa shape index (κ2) is 8.76. The predicted octanol–water partition coefficient (Wildman–Crippen LogP) is 3.69. The van der Waals surface area contributed by atoms with Crippen molar-refractivity contribution in [3.8, 4) is 0 Å². The zero-order valence-corrected chi connectivity index (χ0v) is 20.3.